The molecule has 0 aromatic carbocycles. The molecule has 0 aliphatic rings. The van der Waals surface area contributed by atoms with Gasteiger partial charge in [-0.25, -0.2) is 4.98 Å². The average Bonchev–Trinajstić information content (AvgIpc) is 3.21. The molecule has 0 spiro atoms. The molecule has 0 radical (unpaired) electrons. The zero-order chi connectivity index (χ0) is 21.2. The Labute approximate surface area is 174 Å². The van der Waals surface area contributed by atoms with Gasteiger partial charge in [0.05, 0.1) is 12.9 Å². The maximum Gasteiger partial charge on any atom is 0.244 e. The molecule has 1 aromatic rings. The van der Waals surface area contributed by atoms with Crippen molar-refractivity contribution in [3.63, 3.8) is 0 Å². The van der Waals surface area contributed by atoms with Crippen molar-refractivity contribution in [2.24, 2.45) is 5.73 Å². The van der Waals surface area contributed by atoms with Crippen LogP contribution in [0.4, 0.5) is 0 Å². The fraction of sp³-hybridized carbons (Fsp3) is 0.750. The van der Waals surface area contributed by atoms with E-state index in [2.05, 4.69) is 26.3 Å². The highest BCUT2D eigenvalue weighted by molar-refractivity contribution is 5.87. The van der Waals surface area contributed by atoms with E-state index < -0.39 is 6.04 Å². The number of carbonyl (C=O) groups is 2. The minimum absolute atomic E-state index is 0.102. The summed E-state index contributed by atoms with van der Waals surface area (Å²) in [6, 6.07) is -0.590. The standard InChI is InChI=1S/C20H39N7O2/c1-2-7-19(28)26-18(16-27-15-14-24-17-27)20(29)25-13-4-3-9-22-11-6-12-23-10-5-8-21/h14-15,17-18,22-23H,2-13,16,21H2,1H3,(H,25,29)(H,26,28)/t18-/m0/s1. The molecular weight excluding hydrogens is 370 g/mol. The van der Waals surface area contributed by atoms with Crippen LogP contribution >= 0.6 is 0 Å². The van der Waals surface area contributed by atoms with Gasteiger partial charge in [-0.15, -0.1) is 0 Å². The van der Waals surface area contributed by atoms with Crippen LogP contribution in [-0.2, 0) is 16.1 Å². The fourth-order valence-corrected chi connectivity index (χ4v) is 2.82. The van der Waals surface area contributed by atoms with Gasteiger partial charge in [0.25, 0.3) is 0 Å². The van der Waals surface area contributed by atoms with Gasteiger partial charge < -0.3 is 31.6 Å². The molecule has 9 nitrogen and oxygen atoms in total. The summed E-state index contributed by atoms with van der Waals surface area (Å²) >= 11 is 0. The number of nitrogens with zero attached hydrogens (tertiary/aromatic N) is 2. The van der Waals surface area contributed by atoms with Crippen LogP contribution in [0.15, 0.2) is 18.7 Å². The van der Waals surface area contributed by atoms with E-state index >= 15 is 0 Å². The molecule has 166 valence electrons. The van der Waals surface area contributed by atoms with Gasteiger partial charge in [0.2, 0.25) is 11.8 Å². The SMILES string of the molecule is CCCC(=O)N[C@@H](Cn1ccnc1)C(=O)NCCCCNCCCNCCCN. The highest BCUT2D eigenvalue weighted by Crippen LogP contribution is 1.97. The number of unbranched alkanes of at least 4 members (excludes halogenated alkanes) is 1. The second-order valence-electron chi connectivity index (χ2n) is 7.12. The Bertz CT molecular complexity index is 537. The van der Waals surface area contributed by atoms with E-state index in [1.165, 1.54) is 0 Å². The zero-order valence-electron chi connectivity index (χ0n) is 17.8. The number of amides is 2. The number of aromatic nitrogens is 2. The van der Waals surface area contributed by atoms with E-state index in [1.807, 2.05) is 6.92 Å². The van der Waals surface area contributed by atoms with Crippen molar-refractivity contribution in [1.29, 1.82) is 0 Å². The average molecular weight is 410 g/mol. The molecule has 1 aromatic heterocycles. The van der Waals surface area contributed by atoms with Crippen LogP contribution in [0, 0.1) is 0 Å². The van der Waals surface area contributed by atoms with Crippen molar-refractivity contribution in [2.45, 2.75) is 58.0 Å². The molecule has 0 aliphatic heterocycles. The number of nitrogens with one attached hydrogen (secondary N) is 4. The molecule has 9 heteroatoms. The van der Waals surface area contributed by atoms with E-state index in [-0.39, 0.29) is 11.8 Å². The van der Waals surface area contributed by atoms with E-state index in [4.69, 9.17) is 5.73 Å². The van der Waals surface area contributed by atoms with E-state index in [9.17, 15) is 9.59 Å². The molecule has 1 atom stereocenters. The fourth-order valence-electron chi connectivity index (χ4n) is 2.82. The summed E-state index contributed by atoms with van der Waals surface area (Å²) < 4.78 is 1.80. The minimum atomic E-state index is -0.590. The summed E-state index contributed by atoms with van der Waals surface area (Å²) in [5, 5.41) is 12.5. The lowest BCUT2D eigenvalue weighted by molar-refractivity contribution is -0.129. The normalized spacial score (nSPS) is 11.9. The maximum atomic E-state index is 12.5. The molecule has 0 unspecified atom stereocenters. The van der Waals surface area contributed by atoms with Crippen molar-refractivity contribution in [3.05, 3.63) is 18.7 Å². The van der Waals surface area contributed by atoms with Gasteiger partial charge in [-0.1, -0.05) is 6.92 Å². The first-order chi connectivity index (χ1) is 14.2. The second-order valence-corrected chi connectivity index (χ2v) is 7.12. The van der Waals surface area contributed by atoms with E-state index in [0.717, 1.165) is 64.8 Å². The molecule has 0 fully saturated rings. The third kappa shape index (κ3) is 13.0. The van der Waals surface area contributed by atoms with Gasteiger partial charge in [0.1, 0.15) is 6.04 Å². The first kappa shape index (κ1) is 25.1. The Morgan fingerprint density at radius 3 is 2.38 bits per heavy atom. The van der Waals surface area contributed by atoms with Crippen LogP contribution in [-0.4, -0.2) is 66.7 Å². The Hall–Kier alpha value is -1.97. The number of carbonyl (C=O) groups excluding carboxylic acids is 2. The zero-order valence-corrected chi connectivity index (χ0v) is 17.8. The predicted octanol–water partition coefficient (Wildman–Crippen LogP) is -0.0175. The van der Waals surface area contributed by atoms with Crippen LogP contribution in [0.3, 0.4) is 0 Å². The molecule has 2 amide bonds. The molecule has 0 saturated heterocycles. The molecule has 1 heterocycles. The molecule has 1 rings (SSSR count). The quantitative estimate of drug-likeness (QED) is 0.217. The minimum Gasteiger partial charge on any atom is -0.354 e. The summed E-state index contributed by atoms with van der Waals surface area (Å²) in [6.07, 6.45) is 10.3. The highest BCUT2D eigenvalue weighted by atomic mass is 16.2. The summed E-state index contributed by atoms with van der Waals surface area (Å²) in [5.41, 5.74) is 5.45. The summed E-state index contributed by atoms with van der Waals surface area (Å²) in [5.74, 6) is -0.255. The Morgan fingerprint density at radius 2 is 1.72 bits per heavy atom. The van der Waals surface area contributed by atoms with Gasteiger partial charge in [0, 0.05) is 25.4 Å². The lowest BCUT2D eigenvalue weighted by Gasteiger charge is -2.19. The lowest BCUT2D eigenvalue weighted by atomic mass is 10.2. The second kappa shape index (κ2) is 16.9. The Kier molecular flexibility index (Phi) is 14.6. The highest BCUT2D eigenvalue weighted by Gasteiger charge is 2.20. The van der Waals surface area contributed by atoms with Crippen LogP contribution in [0.1, 0.15) is 45.4 Å². The van der Waals surface area contributed by atoms with Crippen molar-refractivity contribution in [3.8, 4) is 0 Å². The summed E-state index contributed by atoms with van der Waals surface area (Å²) in [6.45, 7) is 7.56. The molecule has 0 bridgehead atoms. The smallest absolute Gasteiger partial charge is 0.244 e. The molecular formula is C20H39N7O2. The predicted molar refractivity (Wildman–Crippen MR) is 115 cm³/mol. The first-order valence-corrected chi connectivity index (χ1v) is 10.8. The monoisotopic (exact) mass is 409 g/mol. The van der Waals surface area contributed by atoms with Gasteiger partial charge in [0.15, 0.2) is 0 Å². The van der Waals surface area contributed by atoms with E-state index in [0.29, 0.717) is 19.5 Å². The Morgan fingerprint density at radius 1 is 1.03 bits per heavy atom. The number of imidazole rings is 1. The first-order valence-electron chi connectivity index (χ1n) is 10.8. The number of rotatable bonds is 18. The lowest BCUT2D eigenvalue weighted by Crippen LogP contribution is -2.49. The summed E-state index contributed by atoms with van der Waals surface area (Å²) in [7, 11) is 0. The van der Waals surface area contributed by atoms with Crippen molar-refractivity contribution >= 4 is 11.8 Å². The third-order valence-corrected chi connectivity index (χ3v) is 4.43. The molecule has 0 saturated carbocycles. The maximum absolute atomic E-state index is 12.5. The topological polar surface area (TPSA) is 126 Å². The molecule has 6 N–H and O–H groups in total. The number of hydrogen-bond donors (Lipinski definition) is 5. The van der Waals surface area contributed by atoms with Crippen molar-refractivity contribution in [1.82, 2.24) is 30.8 Å². The Balaban J connectivity index is 2.14. The van der Waals surface area contributed by atoms with Gasteiger partial charge >= 0.3 is 0 Å². The van der Waals surface area contributed by atoms with Crippen LogP contribution in [0.25, 0.3) is 0 Å². The van der Waals surface area contributed by atoms with Crippen molar-refractivity contribution < 1.29 is 9.59 Å². The third-order valence-electron chi connectivity index (χ3n) is 4.43. The van der Waals surface area contributed by atoms with Gasteiger partial charge in [-0.2, -0.15) is 0 Å². The van der Waals surface area contributed by atoms with Gasteiger partial charge in [-0.05, 0) is 64.8 Å². The number of hydrogen-bond acceptors (Lipinski definition) is 6. The van der Waals surface area contributed by atoms with Crippen molar-refractivity contribution in [2.75, 3.05) is 39.3 Å². The largest absolute Gasteiger partial charge is 0.354 e. The molecule has 29 heavy (non-hydrogen) atoms. The number of nitrogens with two attached hydrogens (primary N) is 1. The molecule has 0 aliphatic carbocycles. The van der Waals surface area contributed by atoms with E-state index in [1.54, 1.807) is 23.3 Å². The van der Waals surface area contributed by atoms with Crippen LogP contribution < -0.4 is 27.0 Å². The summed E-state index contributed by atoms with van der Waals surface area (Å²) in [4.78, 5) is 28.4. The van der Waals surface area contributed by atoms with Crippen LogP contribution in [0.5, 0.6) is 0 Å². The van der Waals surface area contributed by atoms with Gasteiger partial charge in [-0.3, -0.25) is 9.59 Å². The van der Waals surface area contributed by atoms with Crippen LogP contribution in [0.2, 0.25) is 0 Å².